The first kappa shape index (κ1) is 18.7. The Labute approximate surface area is 159 Å². The molecule has 1 saturated heterocycles. The van der Waals surface area contributed by atoms with Gasteiger partial charge in [-0.2, -0.15) is 0 Å². The maximum Gasteiger partial charge on any atom is 0.226 e. The molecule has 1 aliphatic heterocycles. The molecule has 2 atom stereocenters. The van der Waals surface area contributed by atoms with Crippen molar-refractivity contribution >= 4 is 28.9 Å². The van der Waals surface area contributed by atoms with Crippen molar-refractivity contribution in [2.45, 2.75) is 25.4 Å². The summed E-state index contributed by atoms with van der Waals surface area (Å²) in [5.41, 5.74) is 2.71. The molecule has 1 amide bonds. The van der Waals surface area contributed by atoms with Gasteiger partial charge in [0.1, 0.15) is 0 Å². The average molecular weight is 374 g/mol. The number of halogens is 1. The topological polar surface area (TPSA) is 62.4 Å². The first-order valence-corrected chi connectivity index (χ1v) is 9.21. The molecule has 0 spiro atoms. The number of hydrogen-bond acceptors (Lipinski definition) is 4. The smallest absolute Gasteiger partial charge is 0.226 e. The summed E-state index contributed by atoms with van der Waals surface area (Å²) in [6.45, 7) is 4.13. The van der Waals surface area contributed by atoms with Crippen LogP contribution in [0.4, 0.5) is 11.4 Å². The van der Waals surface area contributed by atoms with Gasteiger partial charge in [0.25, 0.3) is 0 Å². The Kier molecular flexibility index (Phi) is 6.50. The fraction of sp³-hybridized carbons (Fsp3) is 0.350. The molecule has 2 aromatic carbocycles. The fourth-order valence-corrected chi connectivity index (χ4v) is 3.19. The van der Waals surface area contributed by atoms with Gasteiger partial charge in [0, 0.05) is 30.7 Å². The summed E-state index contributed by atoms with van der Waals surface area (Å²) < 4.78 is 5.37. The molecule has 138 valence electrons. The zero-order chi connectivity index (χ0) is 18.4. The minimum absolute atomic E-state index is 0.0533. The molecule has 3 N–H and O–H groups in total. The van der Waals surface area contributed by atoms with Crippen molar-refractivity contribution in [3.8, 4) is 0 Å². The molecule has 1 fully saturated rings. The van der Waals surface area contributed by atoms with Crippen molar-refractivity contribution in [3.63, 3.8) is 0 Å². The van der Waals surface area contributed by atoms with Gasteiger partial charge in [-0.3, -0.25) is 4.79 Å². The number of benzene rings is 2. The van der Waals surface area contributed by atoms with Crippen LogP contribution in [0.1, 0.15) is 24.9 Å². The van der Waals surface area contributed by atoms with Crippen molar-refractivity contribution in [3.05, 3.63) is 59.1 Å². The largest absolute Gasteiger partial charge is 0.378 e. The second-order valence-corrected chi connectivity index (χ2v) is 6.86. The number of morpholine rings is 1. The Morgan fingerprint density at radius 2 is 2.12 bits per heavy atom. The summed E-state index contributed by atoms with van der Waals surface area (Å²) in [5, 5.41) is 10.1. The number of rotatable bonds is 6. The van der Waals surface area contributed by atoms with Gasteiger partial charge in [-0.1, -0.05) is 41.9 Å². The van der Waals surface area contributed by atoms with E-state index in [-0.39, 0.29) is 18.0 Å². The second-order valence-electron chi connectivity index (χ2n) is 6.45. The average Bonchev–Trinajstić information content (AvgIpc) is 2.65. The van der Waals surface area contributed by atoms with Crippen LogP contribution in [0.25, 0.3) is 0 Å². The Balaban J connectivity index is 1.57. The minimum Gasteiger partial charge on any atom is -0.378 e. The third kappa shape index (κ3) is 5.21. The molecular weight excluding hydrogens is 350 g/mol. The predicted octanol–water partition coefficient (Wildman–Crippen LogP) is 3.83. The van der Waals surface area contributed by atoms with Gasteiger partial charge in [0.05, 0.1) is 23.9 Å². The van der Waals surface area contributed by atoms with Gasteiger partial charge in [-0.25, -0.2) is 0 Å². The monoisotopic (exact) mass is 373 g/mol. The summed E-state index contributed by atoms with van der Waals surface area (Å²) in [7, 11) is 0. The molecule has 2 aromatic rings. The van der Waals surface area contributed by atoms with Crippen LogP contribution in [0.2, 0.25) is 5.02 Å². The van der Waals surface area contributed by atoms with E-state index in [0.717, 1.165) is 12.2 Å². The normalized spacial score (nSPS) is 18.2. The SMILES string of the molecule is CC(Nc1ccc(NC(=O)CC2COCCN2)cc1Cl)c1ccccc1. The van der Waals surface area contributed by atoms with Crippen LogP contribution in [0.5, 0.6) is 0 Å². The van der Waals surface area contributed by atoms with E-state index in [9.17, 15) is 4.79 Å². The van der Waals surface area contributed by atoms with Crippen LogP contribution in [-0.2, 0) is 9.53 Å². The Morgan fingerprint density at radius 1 is 1.31 bits per heavy atom. The fourth-order valence-electron chi connectivity index (χ4n) is 2.95. The van der Waals surface area contributed by atoms with Gasteiger partial charge in [0.2, 0.25) is 5.91 Å². The van der Waals surface area contributed by atoms with Crippen LogP contribution in [0, 0.1) is 0 Å². The molecule has 1 heterocycles. The summed E-state index contributed by atoms with van der Waals surface area (Å²) in [5.74, 6) is -0.0533. The molecule has 0 aliphatic carbocycles. The van der Waals surface area contributed by atoms with Gasteiger partial charge in [-0.05, 0) is 30.7 Å². The molecule has 5 nitrogen and oxygen atoms in total. The highest BCUT2D eigenvalue weighted by molar-refractivity contribution is 6.33. The van der Waals surface area contributed by atoms with E-state index in [4.69, 9.17) is 16.3 Å². The highest BCUT2D eigenvalue weighted by Gasteiger charge is 2.17. The lowest BCUT2D eigenvalue weighted by molar-refractivity contribution is -0.117. The summed E-state index contributed by atoms with van der Waals surface area (Å²) in [6, 6.07) is 15.9. The molecule has 26 heavy (non-hydrogen) atoms. The van der Waals surface area contributed by atoms with Crippen molar-refractivity contribution in [1.82, 2.24) is 5.32 Å². The Morgan fingerprint density at radius 3 is 2.81 bits per heavy atom. The number of carbonyl (C=O) groups is 1. The van der Waals surface area contributed by atoms with E-state index in [1.54, 1.807) is 6.07 Å². The van der Waals surface area contributed by atoms with Gasteiger partial charge >= 0.3 is 0 Å². The van der Waals surface area contributed by atoms with Crippen LogP contribution in [-0.4, -0.2) is 31.7 Å². The van der Waals surface area contributed by atoms with Gasteiger partial charge in [-0.15, -0.1) is 0 Å². The summed E-state index contributed by atoms with van der Waals surface area (Å²) >= 11 is 6.39. The highest BCUT2D eigenvalue weighted by Crippen LogP contribution is 2.29. The van der Waals surface area contributed by atoms with E-state index in [1.165, 1.54) is 5.56 Å². The molecule has 2 unspecified atom stereocenters. The van der Waals surface area contributed by atoms with Crippen molar-refractivity contribution in [1.29, 1.82) is 0 Å². The molecule has 0 saturated carbocycles. The summed E-state index contributed by atoms with van der Waals surface area (Å²) in [4.78, 5) is 12.2. The van der Waals surface area contributed by atoms with E-state index in [1.807, 2.05) is 30.3 Å². The highest BCUT2D eigenvalue weighted by atomic mass is 35.5. The quantitative estimate of drug-likeness (QED) is 0.720. The first-order chi connectivity index (χ1) is 12.6. The van der Waals surface area contributed by atoms with E-state index in [0.29, 0.717) is 30.3 Å². The molecule has 6 heteroatoms. The molecular formula is C20H24ClN3O2. The second kappa shape index (κ2) is 9.03. The maximum atomic E-state index is 12.2. The first-order valence-electron chi connectivity index (χ1n) is 8.84. The standard InChI is InChI=1S/C20H24ClN3O2/c1-14(15-5-3-2-4-6-15)23-19-8-7-16(11-18(19)21)24-20(25)12-17-13-26-10-9-22-17/h2-8,11,14,17,22-23H,9-10,12-13H2,1H3,(H,24,25). The maximum absolute atomic E-state index is 12.2. The van der Waals surface area contributed by atoms with Gasteiger partial charge < -0.3 is 20.7 Å². The van der Waals surface area contributed by atoms with E-state index < -0.39 is 0 Å². The number of nitrogens with one attached hydrogen (secondary N) is 3. The molecule has 0 aromatic heterocycles. The minimum atomic E-state index is -0.0533. The van der Waals surface area contributed by atoms with Crippen LogP contribution in [0.3, 0.4) is 0 Å². The lowest BCUT2D eigenvalue weighted by Crippen LogP contribution is -2.43. The van der Waals surface area contributed by atoms with Crippen molar-refractivity contribution in [2.24, 2.45) is 0 Å². The van der Waals surface area contributed by atoms with E-state index in [2.05, 4.69) is 35.0 Å². The van der Waals surface area contributed by atoms with Crippen LogP contribution in [0.15, 0.2) is 48.5 Å². The third-order valence-electron chi connectivity index (χ3n) is 4.35. The summed E-state index contributed by atoms with van der Waals surface area (Å²) in [6.07, 6.45) is 0.378. The lowest BCUT2D eigenvalue weighted by atomic mass is 10.1. The molecule has 1 aliphatic rings. The number of hydrogen-bond donors (Lipinski definition) is 3. The van der Waals surface area contributed by atoms with Crippen LogP contribution < -0.4 is 16.0 Å². The van der Waals surface area contributed by atoms with Crippen molar-refractivity contribution < 1.29 is 9.53 Å². The zero-order valence-corrected chi connectivity index (χ0v) is 15.6. The number of carbonyl (C=O) groups excluding carboxylic acids is 1. The molecule has 0 radical (unpaired) electrons. The Hall–Kier alpha value is -2.08. The van der Waals surface area contributed by atoms with Gasteiger partial charge in [0.15, 0.2) is 0 Å². The molecule has 3 rings (SSSR count). The van der Waals surface area contributed by atoms with Crippen LogP contribution >= 0.6 is 11.6 Å². The number of anilines is 2. The predicted molar refractivity (Wildman–Crippen MR) is 106 cm³/mol. The number of amides is 1. The Bertz CT molecular complexity index is 733. The van der Waals surface area contributed by atoms with Crippen molar-refractivity contribution in [2.75, 3.05) is 30.4 Å². The third-order valence-corrected chi connectivity index (χ3v) is 4.67. The number of ether oxygens (including phenoxy) is 1. The zero-order valence-electron chi connectivity index (χ0n) is 14.8. The van der Waals surface area contributed by atoms with E-state index >= 15 is 0 Å². The lowest BCUT2D eigenvalue weighted by Gasteiger charge is -2.23. The molecule has 0 bridgehead atoms.